The number of para-hydroxylation sites is 1. The van der Waals surface area contributed by atoms with Gasteiger partial charge < -0.3 is 15.1 Å². The molecular formula is C21H24N6O2S. The molecular weight excluding hydrogens is 400 g/mol. The summed E-state index contributed by atoms with van der Waals surface area (Å²) in [7, 11) is 0. The molecule has 4 rings (SSSR count). The van der Waals surface area contributed by atoms with Crippen molar-refractivity contribution in [2.24, 2.45) is 0 Å². The van der Waals surface area contributed by atoms with E-state index >= 15 is 0 Å². The number of aromatic nitrogens is 3. The predicted octanol–water partition coefficient (Wildman–Crippen LogP) is 2.28. The van der Waals surface area contributed by atoms with E-state index in [1.807, 2.05) is 32.0 Å². The van der Waals surface area contributed by atoms with Gasteiger partial charge in [-0.2, -0.15) is 5.10 Å². The smallest absolute Gasteiger partial charge is 0.267 e. The number of piperazine rings is 1. The molecule has 0 bridgehead atoms. The highest BCUT2D eigenvalue weighted by molar-refractivity contribution is 7.15. The van der Waals surface area contributed by atoms with E-state index in [0.29, 0.717) is 10.9 Å². The minimum atomic E-state index is -0.315. The molecule has 156 valence electrons. The van der Waals surface area contributed by atoms with Gasteiger partial charge in [0.05, 0.1) is 5.69 Å². The van der Waals surface area contributed by atoms with E-state index in [2.05, 4.69) is 37.3 Å². The minimum absolute atomic E-state index is 0.145. The lowest BCUT2D eigenvalue weighted by molar-refractivity contribution is -0.117. The molecule has 1 aliphatic heterocycles. The first-order valence-corrected chi connectivity index (χ1v) is 10.7. The number of aryl methyl sites for hydroxylation is 2. The summed E-state index contributed by atoms with van der Waals surface area (Å²) in [4.78, 5) is 34.4. The van der Waals surface area contributed by atoms with Crippen molar-refractivity contribution in [1.82, 2.24) is 14.8 Å². The first kappa shape index (κ1) is 20.1. The van der Waals surface area contributed by atoms with E-state index in [1.165, 1.54) is 27.8 Å². The largest absolute Gasteiger partial charge is 0.368 e. The molecule has 0 unspecified atom stereocenters. The minimum Gasteiger partial charge on any atom is -0.368 e. The van der Waals surface area contributed by atoms with Gasteiger partial charge in [-0.25, -0.2) is 9.67 Å². The van der Waals surface area contributed by atoms with Gasteiger partial charge in [-0.3, -0.25) is 9.59 Å². The molecule has 3 heterocycles. The Morgan fingerprint density at radius 1 is 1.03 bits per heavy atom. The van der Waals surface area contributed by atoms with Crippen LogP contribution >= 0.6 is 11.3 Å². The summed E-state index contributed by atoms with van der Waals surface area (Å²) in [5.41, 5.74) is 1.80. The molecule has 0 saturated carbocycles. The second-order valence-electron chi connectivity index (χ2n) is 7.21. The molecule has 0 radical (unpaired) electrons. The van der Waals surface area contributed by atoms with Crippen molar-refractivity contribution in [1.29, 1.82) is 0 Å². The van der Waals surface area contributed by atoms with Crippen LogP contribution in [-0.4, -0.2) is 46.9 Å². The van der Waals surface area contributed by atoms with Gasteiger partial charge in [0.15, 0.2) is 5.13 Å². The van der Waals surface area contributed by atoms with Gasteiger partial charge in [-0.15, -0.1) is 11.3 Å². The zero-order chi connectivity index (χ0) is 21.1. The van der Waals surface area contributed by atoms with Crippen molar-refractivity contribution >= 4 is 33.9 Å². The van der Waals surface area contributed by atoms with Crippen LogP contribution in [0, 0.1) is 13.8 Å². The second-order valence-corrected chi connectivity index (χ2v) is 8.41. The molecule has 8 nitrogen and oxygen atoms in total. The maximum atomic E-state index is 12.4. The highest BCUT2D eigenvalue weighted by Crippen LogP contribution is 2.21. The van der Waals surface area contributed by atoms with E-state index in [-0.39, 0.29) is 18.0 Å². The lowest BCUT2D eigenvalue weighted by Gasteiger charge is -2.36. The monoisotopic (exact) mass is 424 g/mol. The van der Waals surface area contributed by atoms with Crippen molar-refractivity contribution in [3.05, 3.63) is 63.4 Å². The van der Waals surface area contributed by atoms with Gasteiger partial charge in [-0.05, 0) is 32.0 Å². The summed E-state index contributed by atoms with van der Waals surface area (Å²) >= 11 is 1.42. The maximum Gasteiger partial charge on any atom is 0.267 e. The van der Waals surface area contributed by atoms with Crippen molar-refractivity contribution < 1.29 is 4.79 Å². The van der Waals surface area contributed by atoms with Gasteiger partial charge in [0.25, 0.3) is 5.56 Å². The Hall–Kier alpha value is -3.20. The normalized spacial score (nSPS) is 14.1. The summed E-state index contributed by atoms with van der Waals surface area (Å²) in [6.45, 7) is 7.04. The fourth-order valence-electron chi connectivity index (χ4n) is 3.37. The third kappa shape index (κ3) is 4.51. The number of amides is 1. The van der Waals surface area contributed by atoms with Crippen molar-refractivity contribution in [3.8, 4) is 0 Å². The van der Waals surface area contributed by atoms with E-state index in [1.54, 1.807) is 6.07 Å². The van der Waals surface area contributed by atoms with Crippen molar-refractivity contribution in [2.45, 2.75) is 20.4 Å². The van der Waals surface area contributed by atoms with Crippen LogP contribution in [0.4, 0.5) is 16.6 Å². The lowest BCUT2D eigenvalue weighted by Crippen LogP contribution is -2.47. The Kier molecular flexibility index (Phi) is 5.80. The Morgan fingerprint density at radius 3 is 2.40 bits per heavy atom. The van der Waals surface area contributed by atoms with Crippen LogP contribution in [0.5, 0.6) is 0 Å². The Bertz CT molecular complexity index is 1070. The Morgan fingerprint density at radius 2 is 1.73 bits per heavy atom. The summed E-state index contributed by atoms with van der Waals surface area (Å²) in [5.74, 6) is 0.389. The molecule has 1 fully saturated rings. The third-order valence-corrected chi connectivity index (χ3v) is 6.13. The number of hydrogen-bond acceptors (Lipinski definition) is 7. The van der Waals surface area contributed by atoms with E-state index in [0.717, 1.165) is 36.8 Å². The van der Waals surface area contributed by atoms with Crippen LogP contribution < -0.4 is 20.7 Å². The fraction of sp³-hybridized carbons (Fsp3) is 0.333. The molecule has 0 atom stereocenters. The summed E-state index contributed by atoms with van der Waals surface area (Å²) in [6.07, 6.45) is 0. The molecule has 0 spiro atoms. The van der Waals surface area contributed by atoms with Crippen molar-refractivity contribution in [2.75, 3.05) is 41.3 Å². The number of carbonyl (C=O) groups is 1. The zero-order valence-electron chi connectivity index (χ0n) is 17.0. The molecule has 1 aromatic carbocycles. The topological polar surface area (TPSA) is 83.4 Å². The van der Waals surface area contributed by atoms with Crippen LogP contribution in [-0.2, 0) is 11.3 Å². The molecule has 2 aromatic heterocycles. The maximum absolute atomic E-state index is 12.4. The standard InChI is InChI=1S/C21H24N6O2S/c1-15-16(2)30-21(22-15)23-19(28)14-27-20(29)9-8-18(24-27)26-12-10-25(11-13-26)17-6-4-3-5-7-17/h3-9H,10-14H2,1-2H3,(H,22,23,28). The summed E-state index contributed by atoms with van der Waals surface area (Å²) in [5, 5.41) is 7.72. The summed E-state index contributed by atoms with van der Waals surface area (Å²) < 4.78 is 1.21. The fourth-order valence-corrected chi connectivity index (χ4v) is 4.20. The van der Waals surface area contributed by atoms with Crippen LogP contribution in [0.15, 0.2) is 47.3 Å². The molecule has 1 amide bonds. The Labute approximate surface area is 178 Å². The average Bonchev–Trinajstić information content (AvgIpc) is 3.07. The number of rotatable bonds is 5. The average molecular weight is 425 g/mol. The SMILES string of the molecule is Cc1nc(NC(=O)Cn2nc(N3CCN(c4ccccc4)CC3)ccc2=O)sc1C. The quantitative estimate of drug-likeness (QED) is 0.677. The lowest BCUT2D eigenvalue weighted by atomic mass is 10.2. The molecule has 1 N–H and O–H groups in total. The van der Waals surface area contributed by atoms with Crippen molar-refractivity contribution in [3.63, 3.8) is 0 Å². The number of thiazole rings is 1. The van der Waals surface area contributed by atoms with Gasteiger partial charge >= 0.3 is 0 Å². The number of nitrogens with one attached hydrogen (secondary N) is 1. The van der Waals surface area contributed by atoms with E-state index in [4.69, 9.17) is 0 Å². The molecule has 1 saturated heterocycles. The number of hydrogen-bond donors (Lipinski definition) is 1. The number of benzene rings is 1. The van der Waals surface area contributed by atoms with Crippen LogP contribution in [0.1, 0.15) is 10.6 Å². The molecule has 0 aliphatic carbocycles. The summed E-state index contributed by atoms with van der Waals surface area (Å²) in [6, 6.07) is 13.5. The molecule has 1 aliphatic rings. The second kappa shape index (κ2) is 8.66. The van der Waals surface area contributed by atoms with E-state index in [9.17, 15) is 9.59 Å². The number of carbonyl (C=O) groups excluding carboxylic acids is 1. The number of nitrogens with zero attached hydrogens (tertiary/aromatic N) is 5. The van der Waals surface area contributed by atoms with Crippen LogP contribution in [0.25, 0.3) is 0 Å². The van der Waals surface area contributed by atoms with Gasteiger partial charge in [0.1, 0.15) is 12.4 Å². The van der Waals surface area contributed by atoms with E-state index < -0.39 is 0 Å². The number of anilines is 3. The highest BCUT2D eigenvalue weighted by atomic mass is 32.1. The van der Waals surface area contributed by atoms with Crippen LogP contribution in [0.2, 0.25) is 0 Å². The first-order chi connectivity index (χ1) is 14.5. The zero-order valence-corrected chi connectivity index (χ0v) is 17.9. The van der Waals surface area contributed by atoms with Gasteiger partial charge in [-0.1, -0.05) is 18.2 Å². The molecule has 3 aromatic rings. The molecule has 30 heavy (non-hydrogen) atoms. The Balaban J connectivity index is 1.41. The van der Waals surface area contributed by atoms with Gasteiger partial charge in [0, 0.05) is 42.8 Å². The highest BCUT2D eigenvalue weighted by Gasteiger charge is 2.19. The van der Waals surface area contributed by atoms with Gasteiger partial charge in [0.2, 0.25) is 5.91 Å². The first-order valence-electron chi connectivity index (χ1n) is 9.86. The van der Waals surface area contributed by atoms with Crippen LogP contribution in [0.3, 0.4) is 0 Å². The molecule has 9 heteroatoms. The predicted molar refractivity (Wildman–Crippen MR) is 120 cm³/mol. The third-order valence-electron chi connectivity index (χ3n) is 5.15.